The Bertz CT molecular complexity index is 537. The van der Waals surface area contributed by atoms with Crippen LogP contribution in [0.3, 0.4) is 0 Å². The Labute approximate surface area is 122 Å². The Morgan fingerprint density at radius 2 is 1.90 bits per heavy atom. The van der Waals surface area contributed by atoms with E-state index in [4.69, 9.17) is 0 Å². The van der Waals surface area contributed by atoms with E-state index >= 15 is 0 Å². The molecule has 0 saturated heterocycles. The van der Waals surface area contributed by atoms with Crippen molar-refractivity contribution in [2.45, 2.75) is 36.6 Å². The zero-order valence-electron chi connectivity index (χ0n) is 12.3. The number of anilines is 1. The maximum Gasteiger partial charge on any atom is 0.177 e. The van der Waals surface area contributed by atoms with E-state index in [0.29, 0.717) is 16.6 Å². The monoisotopic (exact) mass is 296 g/mol. The van der Waals surface area contributed by atoms with E-state index in [1.807, 2.05) is 12.1 Å². The summed E-state index contributed by atoms with van der Waals surface area (Å²) in [5, 5.41) is 3.25. The van der Waals surface area contributed by atoms with Crippen molar-refractivity contribution in [1.29, 1.82) is 0 Å². The Balaban J connectivity index is 1.91. The lowest BCUT2D eigenvalue weighted by Crippen LogP contribution is -2.33. The fraction of sp³-hybridized carbons (Fsp3) is 0.600. The lowest BCUT2D eigenvalue weighted by atomic mass is 10.2. The maximum atomic E-state index is 11.7. The normalized spacial score (nSPS) is 16.8. The topological polar surface area (TPSA) is 49.4 Å². The van der Waals surface area contributed by atoms with Crippen molar-refractivity contribution in [3.05, 3.63) is 24.3 Å². The van der Waals surface area contributed by atoms with E-state index in [1.165, 1.54) is 31.9 Å². The van der Waals surface area contributed by atoms with E-state index in [-0.39, 0.29) is 0 Å². The van der Waals surface area contributed by atoms with E-state index in [1.54, 1.807) is 12.1 Å². The molecule has 0 bridgehead atoms. The van der Waals surface area contributed by atoms with Gasteiger partial charge in [-0.2, -0.15) is 0 Å². The fourth-order valence-corrected chi connectivity index (χ4v) is 3.70. The van der Waals surface area contributed by atoms with Crippen molar-refractivity contribution >= 4 is 15.5 Å². The lowest BCUT2D eigenvalue weighted by molar-refractivity contribution is 0.254. The van der Waals surface area contributed by atoms with Gasteiger partial charge in [0.25, 0.3) is 0 Å². The van der Waals surface area contributed by atoms with Crippen molar-refractivity contribution in [3.63, 3.8) is 0 Å². The van der Waals surface area contributed by atoms with Crippen LogP contribution in [0.5, 0.6) is 0 Å². The number of rotatable bonds is 6. The molecule has 1 aliphatic rings. The molecule has 5 heteroatoms. The minimum Gasteiger partial charge on any atom is -0.383 e. The third-order valence-electron chi connectivity index (χ3n) is 4.01. The summed E-state index contributed by atoms with van der Waals surface area (Å²) in [5.74, 6) is 0. The van der Waals surface area contributed by atoms with Crippen molar-refractivity contribution in [3.8, 4) is 0 Å². The van der Waals surface area contributed by atoms with E-state index < -0.39 is 9.84 Å². The molecule has 1 fully saturated rings. The lowest BCUT2D eigenvalue weighted by Gasteiger charge is -2.24. The van der Waals surface area contributed by atoms with Gasteiger partial charge >= 0.3 is 0 Å². The number of hydrogen-bond acceptors (Lipinski definition) is 4. The van der Waals surface area contributed by atoms with Gasteiger partial charge in [0.1, 0.15) is 0 Å². The van der Waals surface area contributed by atoms with Crippen molar-refractivity contribution in [2.24, 2.45) is 0 Å². The van der Waals surface area contributed by atoms with Crippen LogP contribution >= 0.6 is 0 Å². The average Bonchev–Trinajstić information content (AvgIpc) is 2.92. The van der Waals surface area contributed by atoms with Gasteiger partial charge in [0.05, 0.1) is 10.6 Å². The Morgan fingerprint density at radius 3 is 2.55 bits per heavy atom. The standard InChI is InChI=1S/C15H24N2O2S/c1-17(13-7-3-4-8-13)12-11-16-14-9-5-6-10-15(14)20(2,18)19/h5-6,9-10,13,16H,3-4,7-8,11-12H2,1-2H3. The maximum absolute atomic E-state index is 11.7. The molecule has 2 rings (SSSR count). The summed E-state index contributed by atoms with van der Waals surface area (Å²) in [6.07, 6.45) is 6.49. The molecule has 1 aliphatic carbocycles. The number of likely N-dealkylation sites (N-methyl/N-ethyl adjacent to an activating group) is 1. The Hall–Kier alpha value is -1.07. The van der Waals surface area contributed by atoms with Gasteiger partial charge in [-0.05, 0) is 32.0 Å². The molecule has 1 aromatic carbocycles. The van der Waals surface area contributed by atoms with Crippen LogP contribution in [0, 0.1) is 0 Å². The highest BCUT2D eigenvalue weighted by molar-refractivity contribution is 7.90. The number of sulfone groups is 1. The van der Waals surface area contributed by atoms with E-state index in [9.17, 15) is 8.42 Å². The van der Waals surface area contributed by atoms with Crippen LogP contribution in [0.4, 0.5) is 5.69 Å². The first-order valence-corrected chi connectivity index (χ1v) is 9.11. The predicted molar refractivity (Wildman–Crippen MR) is 82.9 cm³/mol. The van der Waals surface area contributed by atoms with E-state index in [2.05, 4.69) is 17.3 Å². The average molecular weight is 296 g/mol. The van der Waals surface area contributed by atoms with Crippen LogP contribution < -0.4 is 5.32 Å². The molecule has 112 valence electrons. The molecule has 0 amide bonds. The minimum absolute atomic E-state index is 0.378. The zero-order chi connectivity index (χ0) is 14.6. The largest absolute Gasteiger partial charge is 0.383 e. The fourth-order valence-electron chi connectivity index (χ4n) is 2.83. The second-order valence-electron chi connectivity index (χ2n) is 5.61. The van der Waals surface area contributed by atoms with Crippen LogP contribution in [0.15, 0.2) is 29.2 Å². The third kappa shape index (κ3) is 3.96. The number of para-hydroxylation sites is 1. The first kappa shape index (κ1) is 15.3. The molecule has 0 unspecified atom stereocenters. The van der Waals surface area contributed by atoms with Crippen LogP contribution in [0.2, 0.25) is 0 Å². The summed E-state index contributed by atoms with van der Waals surface area (Å²) in [4.78, 5) is 2.76. The summed E-state index contributed by atoms with van der Waals surface area (Å²) in [6, 6.07) is 7.79. The number of hydrogen-bond donors (Lipinski definition) is 1. The van der Waals surface area contributed by atoms with Crippen molar-refractivity contribution in [1.82, 2.24) is 4.90 Å². The van der Waals surface area contributed by atoms with Gasteiger partial charge < -0.3 is 10.2 Å². The second-order valence-corrected chi connectivity index (χ2v) is 7.60. The molecule has 1 saturated carbocycles. The molecule has 0 aliphatic heterocycles. The quantitative estimate of drug-likeness (QED) is 0.875. The highest BCUT2D eigenvalue weighted by Gasteiger charge is 2.19. The first-order chi connectivity index (χ1) is 9.48. The molecule has 1 N–H and O–H groups in total. The molecule has 4 nitrogen and oxygen atoms in total. The molecule has 0 aromatic heterocycles. The number of nitrogens with one attached hydrogen (secondary N) is 1. The van der Waals surface area contributed by atoms with Gasteiger partial charge in [-0.1, -0.05) is 25.0 Å². The Kier molecular flexibility index (Phi) is 5.05. The van der Waals surface area contributed by atoms with Crippen molar-refractivity contribution in [2.75, 3.05) is 31.7 Å². The number of benzene rings is 1. The van der Waals surface area contributed by atoms with Crippen LogP contribution in [0.1, 0.15) is 25.7 Å². The molecule has 0 spiro atoms. The first-order valence-electron chi connectivity index (χ1n) is 7.21. The summed E-state index contributed by atoms with van der Waals surface area (Å²) in [7, 11) is -1.02. The third-order valence-corrected chi connectivity index (χ3v) is 5.17. The van der Waals surface area contributed by atoms with Crippen molar-refractivity contribution < 1.29 is 8.42 Å². The van der Waals surface area contributed by atoms with Gasteiger partial charge in [0, 0.05) is 25.4 Å². The van der Waals surface area contributed by atoms with Crippen LogP contribution in [-0.4, -0.2) is 45.8 Å². The molecule has 0 radical (unpaired) electrons. The Morgan fingerprint density at radius 1 is 1.25 bits per heavy atom. The summed E-state index contributed by atoms with van der Waals surface area (Å²) >= 11 is 0. The molecule has 0 heterocycles. The molecule has 1 aromatic rings. The highest BCUT2D eigenvalue weighted by Crippen LogP contribution is 2.23. The molecule has 0 atom stereocenters. The zero-order valence-corrected chi connectivity index (χ0v) is 13.1. The molecular formula is C15H24N2O2S. The smallest absolute Gasteiger partial charge is 0.177 e. The van der Waals surface area contributed by atoms with Gasteiger partial charge in [0.2, 0.25) is 0 Å². The number of nitrogens with zero attached hydrogens (tertiary/aromatic N) is 1. The van der Waals surface area contributed by atoms with E-state index in [0.717, 1.165) is 13.1 Å². The summed E-state index contributed by atoms with van der Waals surface area (Å²) < 4.78 is 23.4. The van der Waals surface area contributed by atoms with Gasteiger partial charge in [0.15, 0.2) is 9.84 Å². The molecule has 20 heavy (non-hydrogen) atoms. The van der Waals surface area contributed by atoms with Crippen LogP contribution in [-0.2, 0) is 9.84 Å². The van der Waals surface area contributed by atoms with Gasteiger partial charge in [-0.25, -0.2) is 8.42 Å². The van der Waals surface area contributed by atoms with Gasteiger partial charge in [-0.15, -0.1) is 0 Å². The van der Waals surface area contributed by atoms with Crippen LogP contribution in [0.25, 0.3) is 0 Å². The second kappa shape index (κ2) is 6.59. The molecular weight excluding hydrogens is 272 g/mol. The minimum atomic E-state index is -3.18. The highest BCUT2D eigenvalue weighted by atomic mass is 32.2. The summed E-state index contributed by atoms with van der Waals surface area (Å²) in [6.45, 7) is 1.70. The SMILES string of the molecule is CN(CCNc1ccccc1S(C)(=O)=O)C1CCCC1. The summed E-state index contributed by atoms with van der Waals surface area (Å²) in [5.41, 5.74) is 0.704. The predicted octanol–water partition coefficient (Wildman–Crippen LogP) is 2.38. The van der Waals surface area contributed by atoms with Gasteiger partial charge in [-0.3, -0.25) is 0 Å².